The van der Waals surface area contributed by atoms with Crippen LogP contribution in [0.25, 0.3) is 0 Å². The Kier molecular flexibility index (Phi) is 3.82. The number of nitrogens with zero attached hydrogens (tertiary/aromatic N) is 1. The second-order valence-corrected chi connectivity index (χ2v) is 3.22. The Bertz CT molecular complexity index is 398. The van der Waals surface area contributed by atoms with E-state index in [1.807, 2.05) is 0 Å². The first-order valence-corrected chi connectivity index (χ1v) is 4.45. The van der Waals surface area contributed by atoms with Crippen LogP contribution in [0.1, 0.15) is 22.3 Å². The van der Waals surface area contributed by atoms with Crippen LogP contribution in [0, 0.1) is 0 Å². The van der Waals surface area contributed by atoms with E-state index in [-0.39, 0.29) is 11.0 Å². The predicted octanol–water partition coefficient (Wildman–Crippen LogP) is 3.06. The van der Waals surface area contributed by atoms with Crippen LogP contribution in [0.2, 0.25) is 5.15 Å². The second-order valence-electron chi connectivity index (χ2n) is 2.49. The maximum atomic E-state index is 12.5. The lowest BCUT2D eigenvalue weighted by Crippen LogP contribution is -2.04. The molecule has 0 aliphatic rings. The van der Waals surface area contributed by atoms with Crippen molar-refractivity contribution in [2.45, 2.75) is 6.43 Å². The first kappa shape index (κ1) is 12.1. The fourth-order valence-electron chi connectivity index (χ4n) is 1.03. The molecule has 0 unspecified atom stereocenters. The molecular formula is C8H5Cl2F2NO2. The summed E-state index contributed by atoms with van der Waals surface area (Å²) in [6, 6.07) is 0.879. The summed E-state index contributed by atoms with van der Waals surface area (Å²) < 4.78 is 29.7. The molecule has 1 rings (SSSR count). The van der Waals surface area contributed by atoms with Gasteiger partial charge in [-0.2, -0.15) is 0 Å². The second kappa shape index (κ2) is 4.72. The molecule has 0 saturated carbocycles. The van der Waals surface area contributed by atoms with E-state index in [0.29, 0.717) is 0 Å². The SMILES string of the molecule is COc1nc(Cl)cc(C(F)F)c1C(=O)Cl. The summed E-state index contributed by atoms with van der Waals surface area (Å²) in [4.78, 5) is 14.5. The first-order valence-electron chi connectivity index (χ1n) is 3.69. The summed E-state index contributed by atoms with van der Waals surface area (Å²) in [5, 5.41) is -1.25. The lowest BCUT2D eigenvalue weighted by molar-refractivity contribution is 0.106. The van der Waals surface area contributed by atoms with Gasteiger partial charge >= 0.3 is 0 Å². The number of hydrogen-bond donors (Lipinski definition) is 0. The van der Waals surface area contributed by atoms with Gasteiger partial charge in [0.2, 0.25) is 5.88 Å². The molecule has 0 amide bonds. The van der Waals surface area contributed by atoms with E-state index < -0.39 is 22.8 Å². The van der Waals surface area contributed by atoms with Crippen LogP contribution in [0.3, 0.4) is 0 Å². The van der Waals surface area contributed by atoms with E-state index in [0.717, 1.165) is 6.07 Å². The maximum Gasteiger partial charge on any atom is 0.264 e. The highest BCUT2D eigenvalue weighted by atomic mass is 35.5. The van der Waals surface area contributed by atoms with Crippen molar-refractivity contribution < 1.29 is 18.3 Å². The third-order valence-electron chi connectivity index (χ3n) is 1.61. The van der Waals surface area contributed by atoms with Gasteiger partial charge < -0.3 is 4.74 Å². The van der Waals surface area contributed by atoms with Gasteiger partial charge in [-0.3, -0.25) is 4.79 Å². The van der Waals surface area contributed by atoms with Gasteiger partial charge in [0.25, 0.3) is 11.7 Å². The van der Waals surface area contributed by atoms with E-state index in [2.05, 4.69) is 9.72 Å². The van der Waals surface area contributed by atoms with Gasteiger partial charge in [-0.15, -0.1) is 0 Å². The Hall–Kier alpha value is -0.940. The Balaban J connectivity index is 3.47. The van der Waals surface area contributed by atoms with Crippen LogP contribution < -0.4 is 4.74 Å². The molecule has 1 aromatic rings. The number of aromatic nitrogens is 1. The van der Waals surface area contributed by atoms with E-state index in [1.54, 1.807) is 0 Å². The van der Waals surface area contributed by atoms with Crippen LogP contribution in [-0.2, 0) is 0 Å². The molecule has 82 valence electrons. The number of carbonyl (C=O) groups excluding carboxylic acids is 1. The van der Waals surface area contributed by atoms with Crippen molar-refractivity contribution in [3.63, 3.8) is 0 Å². The number of methoxy groups -OCH3 is 1. The van der Waals surface area contributed by atoms with Gasteiger partial charge in [-0.1, -0.05) is 11.6 Å². The number of carbonyl (C=O) groups is 1. The molecule has 0 aliphatic carbocycles. The molecule has 15 heavy (non-hydrogen) atoms. The summed E-state index contributed by atoms with van der Waals surface area (Å²) in [6.07, 6.45) is -2.88. The number of ether oxygens (including phenoxy) is 1. The molecule has 0 N–H and O–H groups in total. The first-order chi connectivity index (χ1) is 6.97. The van der Waals surface area contributed by atoms with Crippen LogP contribution in [0.5, 0.6) is 5.88 Å². The quantitative estimate of drug-likeness (QED) is 0.616. The third kappa shape index (κ3) is 2.54. The van der Waals surface area contributed by atoms with Crippen molar-refractivity contribution in [3.8, 4) is 5.88 Å². The number of hydrogen-bond acceptors (Lipinski definition) is 3. The van der Waals surface area contributed by atoms with Gasteiger partial charge in [-0.05, 0) is 17.7 Å². The lowest BCUT2D eigenvalue weighted by atomic mass is 10.1. The summed E-state index contributed by atoms with van der Waals surface area (Å²) >= 11 is 10.6. The molecule has 0 radical (unpaired) electrons. The molecule has 1 aromatic heterocycles. The minimum absolute atomic E-state index is 0.191. The fourth-order valence-corrected chi connectivity index (χ4v) is 1.41. The smallest absolute Gasteiger partial charge is 0.264 e. The number of halogens is 4. The standard InChI is InChI=1S/C8H5Cl2F2NO2/c1-15-8-5(6(10)14)3(7(11)12)2-4(9)13-8/h2,7H,1H3. The zero-order valence-electron chi connectivity index (χ0n) is 7.43. The van der Waals surface area contributed by atoms with E-state index in [4.69, 9.17) is 23.2 Å². The number of pyridine rings is 1. The maximum absolute atomic E-state index is 12.5. The number of rotatable bonds is 3. The molecule has 0 saturated heterocycles. The molecule has 0 fully saturated rings. The summed E-state index contributed by atoms with van der Waals surface area (Å²) in [5.74, 6) is -0.308. The van der Waals surface area contributed by atoms with Gasteiger partial charge in [0.05, 0.1) is 7.11 Å². The van der Waals surface area contributed by atoms with Crippen molar-refractivity contribution >= 4 is 28.4 Å². The third-order valence-corrected chi connectivity index (χ3v) is 1.99. The van der Waals surface area contributed by atoms with Gasteiger partial charge in [0, 0.05) is 5.56 Å². The lowest BCUT2D eigenvalue weighted by Gasteiger charge is -2.09. The highest BCUT2D eigenvalue weighted by molar-refractivity contribution is 6.68. The average Bonchev–Trinajstić information content (AvgIpc) is 2.15. The van der Waals surface area contributed by atoms with Crippen molar-refractivity contribution in [2.24, 2.45) is 0 Å². The molecule has 0 spiro atoms. The summed E-state index contributed by atoms with van der Waals surface area (Å²) in [7, 11) is 1.18. The molecule has 3 nitrogen and oxygen atoms in total. The minimum Gasteiger partial charge on any atom is -0.480 e. The topological polar surface area (TPSA) is 39.2 Å². The number of alkyl halides is 2. The van der Waals surface area contributed by atoms with E-state index in [1.165, 1.54) is 7.11 Å². The van der Waals surface area contributed by atoms with Crippen molar-refractivity contribution in [1.82, 2.24) is 4.98 Å². The molecule has 7 heteroatoms. The fraction of sp³-hybridized carbons (Fsp3) is 0.250. The molecular weight excluding hydrogens is 251 g/mol. The van der Waals surface area contributed by atoms with E-state index >= 15 is 0 Å². The van der Waals surface area contributed by atoms with Crippen LogP contribution >= 0.6 is 23.2 Å². The Morgan fingerprint density at radius 2 is 2.20 bits per heavy atom. The Labute approximate surface area is 94.0 Å². The summed E-state index contributed by atoms with van der Waals surface area (Å²) in [5.41, 5.74) is -1.05. The van der Waals surface area contributed by atoms with Crippen LogP contribution in [0.4, 0.5) is 8.78 Å². The van der Waals surface area contributed by atoms with Gasteiger partial charge in [-0.25, -0.2) is 13.8 Å². The molecule has 0 aromatic carbocycles. The van der Waals surface area contributed by atoms with Crippen LogP contribution in [0.15, 0.2) is 6.07 Å². The summed E-state index contributed by atoms with van der Waals surface area (Å²) in [6.45, 7) is 0. The average molecular weight is 256 g/mol. The highest BCUT2D eigenvalue weighted by Crippen LogP contribution is 2.31. The monoisotopic (exact) mass is 255 g/mol. The predicted molar refractivity (Wildman–Crippen MR) is 50.9 cm³/mol. The van der Waals surface area contributed by atoms with Crippen molar-refractivity contribution in [1.29, 1.82) is 0 Å². The van der Waals surface area contributed by atoms with Crippen LogP contribution in [-0.4, -0.2) is 17.3 Å². The Morgan fingerprint density at radius 1 is 1.60 bits per heavy atom. The van der Waals surface area contributed by atoms with Crippen molar-refractivity contribution in [3.05, 3.63) is 22.3 Å². The van der Waals surface area contributed by atoms with Gasteiger partial charge in [0.1, 0.15) is 10.7 Å². The molecule has 0 bridgehead atoms. The van der Waals surface area contributed by atoms with E-state index in [9.17, 15) is 13.6 Å². The molecule has 0 aliphatic heterocycles. The van der Waals surface area contributed by atoms with Gasteiger partial charge in [0.15, 0.2) is 0 Å². The molecule has 1 heterocycles. The normalized spacial score (nSPS) is 10.5. The zero-order chi connectivity index (χ0) is 11.6. The minimum atomic E-state index is -2.88. The highest BCUT2D eigenvalue weighted by Gasteiger charge is 2.23. The largest absolute Gasteiger partial charge is 0.480 e. The van der Waals surface area contributed by atoms with Crippen molar-refractivity contribution in [2.75, 3.05) is 7.11 Å². The molecule has 0 atom stereocenters. The Morgan fingerprint density at radius 3 is 2.60 bits per heavy atom. The zero-order valence-corrected chi connectivity index (χ0v) is 8.94.